The van der Waals surface area contributed by atoms with E-state index in [1.807, 2.05) is 32.9 Å². The zero-order valence-corrected chi connectivity index (χ0v) is 26.1. The van der Waals surface area contributed by atoms with Crippen LogP contribution >= 0.6 is 31.9 Å². The summed E-state index contributed by atoms with van der Waals surface area (Å²) in [6.07, 6.45) is 1.04. The number of amides is 2. The molecule has 0 spiro atoms. The number of likely N-dealkylation sites (tertiary alicyclic amines) is 1. The van der Waals surface area contributed by atoms with Crippen molar-refractivity contribution in [1.29, 1.82) is 0 Å². The van der Waals surface area contributed by atoms with Crippen LogP contribution in [0.5, 0.6) is 5.75 Å². The van der Waals surface area contributed by atoms with E-state index in [0.717, 1.165) is 16.9 Å². The molecule has 5 rings (SSSR count). The van der Waals surface area contributed by atoms with Gasteiger partial charge in [-0.2, -0.15) is 0 Å². The molecule has 7 unspecified atom stereocenters. The Bertz CT molecular complexity index is 1340. The first-order chi connectivity index (χ1) is 19.5. The third-order valence-corrected chi connectivity index (χ3v) is 11.5. The fourth-order valence-corrected chi connectivity index (χ4v) is 8.19. The summed E-state index contributed by atoms with van der Waals surface area (Å²) >= 11 is 7.36. The molecule has 0 radical (unpaired) electrons. The number of carbonyl (C=O) groups excluding carboxylic acids is 5. The monoisotopic (exact) mass is 687 g/mol. The van der Waals surface area contributed by atoms with Crippen LogP contribution in [0.25, 0.3) is 0 Å². The van der Waals surface area contributed by atoms with Gasteiger partial charge in [-0.25, -0.2) is 9.59 Å². The van der Waals surface area contributed by atoms with E-state index in [1.54, 1.807) is 12.1 Å². The second-order valence-corrected chi connectivity index (χ2v) is 13.6. The number of benzene rings is 2. The van der Waals surface area contributed by atoms with Gasteiger partial charge in [0.2, 0.25) is 11.8 Å². The van der Waals surface area contributed by atoms with Crippen molar-refractivity contribution in [2.24, 2.45) is 29.6 Å². The van der Waals surface area contributed by atoms with Crippen molar-refractivity contribution >= 4 is 61.4 Å². The normalized spacial score (nSPS) is 27.2. The molecule has 2 aromatic rings. The molecular weight excluding hydrogens is 658 g/mol. The van der Waals surface area contributed by atoms with E-state index in [0.29, 0.717) is 5.56 Å². The van der Waals surface area contributed by atoms with Gasteiger partial charge in [-0.15, -0.1) is 0 Å². The summed E-state index contributed by atoms with van der Waals surface area (Å²) in [6, 6.07) is 11.8. The SMILES string of the molecule is Cc1ccc(C(=O)Oc2ccc(C(=O)COC(=O)C(CC(C)C)N3C(=O)C4C5CC(C(Br)C5Br)C4C3=O)cc2)cc1. The number of imide groups is 1. The van der Waals surface area contributed by atoms with Crippen LogP contribution in [-0.4, -0.2) is 56.7 Å². The topological polar surface area (TPSA) is 107 Å². The van der Waals surface area contributed by atoms with E-state index in [9.17, 15) is 24.0 Å². The average Bonchev–Trinajstić information content (AvgIpc) is 3.55. The number of esters is 2. The zero-order chi connectivity index (χ0) is 29.6. The third-order valence-electron chi connectivity index (χ3n) is 8.32. The highest BCUT2D eigenvalue weighted by Gasteiger charge is 2.67. The molecule has 0 aromatic heterocycles. The molecule has 1 heterocycles. The van der Waals surface area contributed by atoms with Gasteiger partial charge in [0, 0.05) is 15.2 Å². The summed E-state index contributed by atoms with van der Waals surface area (Å²) in [5.41, 5.74) is 1.69. The van der Waals surface area contributed by atoms with Gasteiger partial charge in [0.15, 0.2) is 12.4 Å². The summed E-state index contributed by atoms with van der Waals surface area (Å²) in [4.78, 5) is 66.7. The van der Waals surface area contributed by atoms with Crippen LogP contribution < -0.4 is 4.74 Å². The molecule has 0 N–H and O–H groups in total. The van der Waals surface area contributed by atoms with Crippen LogP contribution in [0.2, 0.25) is 0 Å². The van der Waals surface area contributed by atoms with Crippen molar-refractivity contribution in [3.05, 3.63) is 65.2 Å². The Morgan fingerprint density at radius 2 is 1.41 bits per heavy atom. The highest BCUT2D eigenvalue weighted by atomic mass is 79.9. The number of fused-ring (bicyclic) bond motifs is 5. The maximum absolute atomic E-state index is 13.5. The van der Waals surface area contributed by atoms with Gasteiger partial charge < -0.3 is 9.47 Å². The Morgan fingerprint density at radius 1 is 0.878 bits per heavy atom. The predicted molar refractivity (Wildman–Crippen MR) is 157 cm³/mol. The number of nitrogens with zero attached hydrogens (tertiary/aromatic N) is 1. The molecule has 41 heavy (non-hydrogen) atoms. The molecule has 2 aromatic carbocycles. The summed E-state index contributed by atoms with van der Waals surface area (Å²) in [6.45, 7) is 5.18. The molecule has 2 saturated carbocycles. The Labute approximate surface area is 255 Å². The minimum Gasteiger partial charge on any atom is -0.456 e. The average molecular weight is 689 g/mol. The first kappa shape index (κ1) is 29.6. The van der Waals surface area contributed by atoms with Gasteiger partial charge >= 0.3 is 11.9 Å². The predicted octanol–water partition coefficient (Wildman–Crippen LogP) is 5.13. The van der Waals surface area contributed by atoms with E-state index in [4.69, 9.17) is 9.47 Å². The van der Waals surface area contributed by atoms with E-state index in [2.05, 4.69) is 31.9 Å². The molecule has 10 heteroatoms. The number of hydrogen-bond acceptors (Lipinski definition) is 7. The molecule has 1 aliphatic heterocycles. The van der Waals surface area contributed by atoms with Crippen LogP contribution in [0.15, 0.2) is 48.5 Å². The highest BCUT2D eigenvalue weighted by molar-refractivity contribution is 9.12. The van der Waals surface area contributed by atoms with Gasteiger partial charge in [0.05, 0.1) is 17.4 Å². The number of aryl methyl sites for hydroxylation is 1. The Balaban J connectivity index is 1.22. The van der Waals surface area contributed by atoms with Crippen molar-refractivity contribution in [3.8, 4) is 5.75 Å². The Morgan fingerprint density at radius 3 is 1.95 bits per heavy atom. The fourth-order valence-electron chi connectivity index (χ4n) is 6.31. The third kappa shape index (κ3) is 5.65. The van der Waals surface area contributed by atoms with Gasteiger partial charge in [0.25, 0.3) is 0 Å². The molecule has 8 nitrogen and oxygen atoms in total. The minimum absolute atomic E-state index is 0.00373. The van der Waals surface area contributed by atoms with Gasteiger partial charge in [0.1, 0.15) is 11.8 Å². The first-order valence-electron chi connectivity index (χ1n) is 13.7. The van der Waals surface area contributed by atoms with Crippen molar-refractivity contribution in [3.63, 3.8) is 0 Å². The fraction of sp³-hybridized carbons (Fsp3) is 0.452. The van der Waals surface area contributed by atoms with Crippen LogP contribution in [0.3, 0.4) is 0 Å². The lowest BCUT2D eigenvalue weighted by atomic mass is 9.81. The van der Waals surface area contributed by atoms with Crippen LogP contribution in [0.1, 0.15) is 53.0 Å². The lowest BCUT2D eigenvalue weighted by molar-refractivity contribution is -0.159. The smallest absolute Gasteiger partial charge is 0.343 e. The second kappa shape index (κ2) is 11.8. The molecule has 7 atom stereocenters. The number of rotatable bonds is 9. The first-order valence-corrected chi connectivity index (χ1v) is 15.5. The van der Waals surface area contributed by atoms with E-state index < -0.39 is 42.2 Å². The highest BCUT2D eigenvalue weighted by Crippen LogP contribution is 2.60. The number of halogens is 2. The van der Waals surface area contributed by atoms with Crippen molar-refractivity contribution in [2.75, 3.05) is 6.61 Å². The summed E-state index contributed by atoms with van der Waals surface area (Å²) in [5, 5.41) is 0. The quantitative estimate of drug-likeness (QED) is 0.118. The van der Waals surface area contributed by atoms with E-state index >= 15 is 0 Å². The summed E-state index contributed by atoms with van der Waals surface area (Å²) in [7, 11) is 0. The zero-order valence-electron chi connectivity index (χ0n) is 22.9. The van der Waals surface area contributed by atoms with E-state index in [1.165, 1.54) is 24.3 Å². The Hall–Kier alpha value is -2.85. The molecule has 2 aliphatic carbocycles. The second-order valence-electron chi connectivity index (χ2n) is 11.5. The van der Waals surface area contributed by atoms with Gasteiger partial charge in [-0.1, -0.05) is 63.4 Å². The molecule has 3 aliphatic rings. The number of ketones is 1. The number of Topliss-reactive ketones (excluding diaryl/α,β-unsaturated/α-hetero) is 1. The molecule has 216 valence electrons. The van der Waals surface area contributed by atoms with Gasteiger partial charge in [-0.3, -0.25) is 19.3 Å². The molecule has 2 bridgehead atoms. The van der Waals surface area contributed by atoms with Crippen LogP contribution in [0, 0.1) is 36.5 Å². The number of hydrogen-bond donors (Lipinski definition) is 0. The maximum atomic E-state index is 13.5. The number of carbonyl (C=O) groups is 5. The number of alkyl halides is 2. The molecule has 2 amide bonds. The van der Waals surface area contributed by atoms with Crippen molar-refractivity contribution < 1.29 is 33.4 Å². The van der Waals surface area contributed by atoms with Crippen LogP contribution in [-0.2, 0) is 19.1 Å². The maximum Gasteiger partial charge on any atom is 0.343 e. The van der Waals surface area contributed by atoms with Gasteiger partial charge in [-0.05, 0) is 73.9 Å². The molecular formula is C31H31Br2NO7. The minimum atomic E-state index is -1.08. The van der Waals surface area contributed by atoms with Crippen molar-refractivity contribution in [1.82, 2.24) is 4.90 Å². The number of ether oxygens (including phenoxy) is 2. The summed E-state index contributed by atoms with van der Waals surface area (Å²) < 4.78 is 10.8. The summed E-state index contributed by atoms with van der Waals surface area (Å²) in [5.74, 6) is -2.92. The lowest BCUT2D eigenvalue weighted by Gasteiger charge is -2.28. The Kier molecular flexibility index (Phi) is 8.53. The molecule has 1 saturated heterocycles. The van der Waals surface area contributed by atoms with E-state index in [-0.39, 0.29) is 57.0 Å². The standard InChI is InChI=1S/C31H31Br2NO7/c1-15(2)12-22(34-28(36)24-20-13-21(25(24)29(34)37)27(33)26(20)32)31(39)40-14-23(35)17-8-10-19(11-9-17)41-30(38)18-6-4-16(3)5-7-18/h4-11,15,20-22,24-27H,12-14H2,1-3H3. The van der Waals surface area contributed by atoms with Crippen LogP contribution in [0.4, 0.5) is 0 Å². The molecule has 3 fully saturated rings. The van der Waals surface area contributed by atoms with Crippen molar-refractivity contribution in [2.45, 2.75) is 49.3 Å². The lowest BCUT2D eigenvalue weighted by Crippen LogP contribution is -2.48. The largest absolute Gasteiger partial charge is 0.456 e.